The van der Waals surface area contributed by atoms with Crippen LogP contribution >= 0.6 is 0 Å². The summed E-state index contributed by atoms with van der Waals surface area (Å²) in [6.07, 6.45) is 5.70. The Balaban J connectivity index is 2.07. The van der Waals surface area contributed by atoms with E-state index in [1.165, 1.54) is 19.3 Å². The number of pyridine rings is 1. The van der Waals surface area contributed by atoms with Crippen LogP contribution in [0.15, 0.2) is 30.5 Å². The molecule has 88 valence electrons. The molecule has 17 heavy (non-hydrogen) atoms. The molecule has 3 heteroatoms. The summed E-state index contributed by atoms with van der Waals surface area (Å²) in [5, 5.41) is 1.05. The highest BCUT2D eigenvalue weighted by Crippen LogP contribution is 2.34. The van der Waals surface area contributed by atoms with E-state index in [-0.39, 0.29) is 0 Å². The highest BCUT2D eigenvalue weighted by Gasteiger charge is 2.23. The summed E-state index contributed by atoms with van der Waals surface area (Å²) in [5.74, 6) is 0. The summed E-state index contributed by atoms with van der Waals surface area (Å²) in [7, 11) is 2.14. The maximum atomic E-state index is 6.25. The van der Waals surface area contributed by atoms with Crippen LogP contribution in [0, 0.1) is 0 Å². The van der Waals surface area contributed by atoms with Gasteiger partial charge >= 0.3 is 0 Å². The summed E-state index contributed by atoms with van der Waals surface area (Å²) < 4.78 is 0. The van der Waals surface area contributed by atoms with Crippen molar-refractivity contribution in [3.05, 3.63) is 30.5 Å². The van der Waals surface area contributed by atoms with Crippen molar-refractivity contribution in [3.8, 4) is 0 Å². The van der Waals surface area contributed by atoms with E-state index in [0.29, 0.717) is 6.04 Å². The number of hydrogen-bond acceptors (Lipinski definition) is 3. The van der Waals surface area contributed by atoms with Gasteiger partial charge in [-0.3, -0.25) is 4.98 Å². The van der Waals surface area contributed by atoms with E-state index < -0.39 is 0 Å². The maximum Gasteiger partial charge on any atom is 0.0724 e. The third kappa shape index (κ3) is 1.62. The first kappa shape index (κ1) is 10.4. The van der Waals surface area contributed by atoms with Crippen molar-refractivity contribution in [1.82, 2.24) is 4.98 Å². The van der Waals surface area contributed by atoms with Gasteiger partial charge in [0.15, 0.2) is 0 Å². The van der Waals surface area contributed by atoms with E-state index in [9.17, 15) is 0 Å². The van der Waals surface area contributed by atoms with Crippen LogP contribution in [-0.2, 0) is 0 Å². The average molecular weight is 227 g/mol. The van der Waals surface area contributed by atoms with Gasteiger partial charge in [-0.05, 0) is 43.5 Å². The number of nitrogens with two attached hydrogens (primary N) is 1. The van der Waals surface area contributed by atoms with E-state index in [2.05, 4.69) is 29.1 Å². The zero-order valence-electron chi connectivity index (χ0n) is 10.1. The first-order chi connectivity index (χ1) is 8.27. The Morgan fingerprint density at radius 2 is 2.12 bits per heavy atom. The largest absolute Gasteiger partial charge is 0.396 e. The molecule has 0 saturated heterocycles. The number of benzene rings is 1. The van der Waals surface area contributed by atoms with Gasteiger partial charge < -0.3 is 10.6 Å². The molecular weight excluding hydrogens is 210 g/mol. The van der Waals surface area contributed by atoms with Gasteiger partial charge in [0.25, 0.3) is 0 Å². The van der Waals surface area contributed by atoms with Crippen molar-refractivity contribution in [1.29, 1.82) is 0 Å². The Morgan fingerprint density at radius 3 is 2.82 bits per heavy atom. The van der Waals surface area contributed by atoms with Gasteiger partial charge in [0.1, 0.15) is 0 Å². The molecule has 1 aliphatic rings. The van der Waals surface area contributed by atoms with Crippen LogP contribution in [0.1, 0.15) is 19.3 Å². The second-order valence-electron chi connectivity index (χ2n) is 4.76. The minimum absolute atomic E-state index is 0.659. The van der Waals surface area contributed by atoms with Crippen molar-refractivity contribution in [2.75, 3.05) is 17.7 Å². The molecule has 0 atom stereocenters. The molecule has 1 aromatic heterocycles. The standard InChI is InChI=1S/C14H17N3/c1-17(10-4-2-5-10)13-8-7-12-11(14(13)15)6-3-9-16-12/h3,6-10H,2,4-5,15H2,1H3. The monoisotopic (exact) mass is 227 g/mol. The van der Waals surface area contributed by atoms with Crippen LogP contribution in [-0.4, -0.2) is 18.1 Å². The molecule has 2 N–H and O–H groups in total. The molecule has 0 bridgehead atoms. The molecule has 0 radical (unpaired) electrons. The fourth-order valence-electron chi connectivity index (χ4n) is 2.44. The van der Waals surface area contributed by atoms with Gasteiger partial charge in [-0.15, -0.1) is 0 Å². The fraction of sp³-hybridized carbons (Fsp3) is 0.357. The van der Waals surface area contributed by atoms with Gasteiger partial charge in [0, 0.05) is 24.7 Å². The Hall–Kier alpha value is -1.77. The lowest BCUT2D eigenvalue weighted by Crippen LogP contribution is -2.37. The molecule has 2 aromatic rings. The van der Waals surface area contributed by atoms with E-state index >= 15 is 0 Å². The maximum absolute atomic E-state index is 6.25. The Morgan fingerprint density at radius 1 is 1.29 bits per heavy atom. The van der Waals surface area contributed by atoms with Crippen molar-refractivity contribution in [3.63, 3.8) is 0 Å². The lowest BCUT2D eigenvalue weighted by atomic mass is 9.91. The van der Waals surface area contributed by atoms with Crippen LogP contribution in [0.2, 0.25) is 0 Å². The summed E-state index contributed by atoms with van der Waals surface area (Å²) in [6, 6.07) is 8.77. The molecule has 1 saturated carbocycles. The van der Waals surface area contributed by atoms with E-state index in [0.717, 1.165) is 22.3 Å². The SMILES string of the molecule is CN(c1ccc2ncccc2c1N)C1CCC1. The highest BCUT2D eigenvalue weighted by atomic mass is 15.1. The molecule has 1 heterocycles. The summed E-state index contributed by atoms with van der Waals surface area (Å²) >= 11 is 0. The van der Waals surface area contributed by atoms with Crippen LogP contribution in [0.4, 0.5) is 11.4 Å². The van der Waals surface area contributed by atoms with Gasteiger partial charge in [-0.2, -0.15) is 0 Å². The highest BCUT2D eigenvalue weighted by molar-refractivity contribution is 5.97. The molecule has 0 amide bonds. The number of aromatic nitrogens is 1. The van der Waals surface area contributed by atoms with E-state index in [1.54, 1.807) is 6.20 Å². The summed E-state index contributed by atoms with van der Waals surface area (Å²) in [6.45, 7) is 0. The van der Waals surface area contributed by atoms with Crippen molar-refractivity contribution in [2.45, 2.75) is 25.3 Å². The predicted molar refractivity (Wildman–Crippen MR) is 72.2 cm³/mol. The second kappa shape index (κ2) is 3.91. The average Bonchev–Trinajstić information content (AvgIpc) is 2.27. The molecule has 1 aliphatic carbocycles. The normalized spacial score (nSPS) is 15.8. The van der Waals surface area contributed by atoms with E-state index in [4.69, 9.17) is 5.73 Å². The lowest BCUT2D eigenvalue weighted by Gasteiger charge is -2.37. The molecule has 1 fully saturated rings. The van der Waals surface area contributed by atoms with Crippen LogP contribution in [0.25, 0.3) is 10.9 Å². The van der Waals surface area contributed by atoms with Crippen LogP contribution < -0.4 is 10.6 Å². The van der Waals surface area contributed by atoms with Crippen molar-refractivity contribution < 1.29 is 0 Å². The van der Waals surface area contributed by atoms with E-state index in [1.807, 2.05) is 12.1 Å². The molecule has 0 unspecified atom stereocenters. The number of anilines is 2. The number of hydrogen-bond donors (Lipinski definition) is 1. The minimum Gasteiger partial charge on any atom is -0.396 e. The molecule has 1 aromatic carbocycles. The lowest BCUT2D eigenvalue weighted by molar-refractivity contribution is 0.401. The van der Waals surface area contributed by atoms with Gasteiger partial charge in [-0.25, -0.2) is 0 Å². The predicted octanol–water partition coefficient (Wildman–Crippen LogP) is 2.81. The zero-order valence-corrected chi connectivity index (χ0v) is 10.1. The Labute approximate surface area is 101 Å². The molecule has 3 rings (SSSR count). The smallest absolute Gasteiger partial charge is 0.0724 e. The van der Waals surface area contributed by atoms with Crippen LogP contribution in [0.5, 0.6) is 0 Å². The van der Waals surface area contributed by atoms with Gasteiger partial charge in [-0.1, -0.05) is 0 Å². The third-order valence-electron chi connectivity index (χ3n) is 3.81. The van der Waals surface area contributed by atoms with Gasteiger partial charge in [0.05, 0.1) is 16.9 Å². The Kier molecular flexibility index (Phi) is 2.39. The third-order valence-corrected chi connectivity index (χ3v) is 3.81. The number of rotatable bonds is 2. The zero-order chi connectivity index (χ0) is 11.8. The molecule has 3 nitrogen and oxygen atoms in total. The summed E-state index contributed by atoms with van der Waals surface area (Å²) in [5.41, 5.74) is 9.21. The molecule has 0 spiro atoms. The summed E-state index contributed by atoms with van der Waals surface area (Å²) in [4.78, 5) is 6.63. The second-order valence-corrected chi connectivity index (χ2v) is 4.76. The topological polar surface area (TPSA) is 42.2 Å². The first-order valence-corrected chi connectivity index (χ1v) is 6.13. The number of nitrogen functional groups attached to an aromatic ring is 1. The molecular formula is C14H17N3. The van der Waals surface area contributed by atoms with Crippen molar-refractivity contribution in [2.24, 2.45) is 0 Å². The number of nitrogens with zero attached hydrogens (tertiary/aromatic N) is 2. The quantitative estimate of drug-likeness (QED) is 0.802. The minimum atomic E-state index is 0.659. The van der Waals surface area contributed by atoms with Crippen LogP contribution in [0.3, 0.4) is 0 Å². The Bertz CT molecular complexity index is 546. The fourth-order valence-corrected chi connectivity index (χ4v) is 2.44. The molecule has 0 aliphatic heterocycles. The first-order valence-electron chi connectivity index (χ1n) is 6.13. The van der Waals surface area contributed by atoms with Gasteiger partial charge in [0.2, 0.25) is 0 Å². The number of fused-ring (bicyclic) bond motifs is 1. The van der Waals surface area contributed by atoms with Crippen molar-refractivity contribution >= 4 is 22.3 Å².